The number of hydrogen-bond donors (Lipinski definition) is 1. The summed E-state index contributed by atoms with van der Waals surface area (Å²) < 4.78 is -0.375. The van der Waals surface area contributed by atoms with Crippen LogP contribution in [-0.2, 0) is 4.75 Å². The van der Waals surface area contributed by atoms with E-state index in [1.807, 2.05) is 30.0 Å². The summed E-state index contributed by atoms with van der Waals surface area (Å²) in [6, 6.07) is 5.81. The molecule has 5 heteroatoms. The lowest BCUT2D eigenvalue weighted by Crippen LogP contribution is -2.26. The summed E-state index contributed by atoms with van der Waals surface area (Å²) in [6.45, 7) is 0. The van der Waals surface area contributed by atoms with Gasteiger partial charge in [0.2, 0.25) is 0 Å². The largest absolute Gasteiger partial charge is 0.398 e. The Kier molecular flexibility index (Phi) is 2.01. The number of hydrogen-bond acceptors (Lipinski definition) is 3. The number of alkyl halides is 1. The van der Waals surface area contributed by atoms with Crippen LogP contribution < -0.4 is 5.73 Å². The quantitative estimate of drug-likeness (QED) is 0.369. The molecule has 0 saturated carbocycles. The monoisotopic (exact) mass is 301 g/mol. The normalized spacial score (nSPS) is 45.1. The van der Waals surface area contributed by atoms with Gasteiger partial charge in [-0.1, -0.05) is 35.9 Å². The molecule has 0 spiro atoms. The first-order valence-electron chi connectivity index (χ1n) is 5.37. The van der Waals surface area contributed by atoms with Gasteiger partial charge in [-0.15, -0.1) is 35.1 Å². The maximum atomic E-state index is 6.75. The van der Waals surface area contributed by atoms with Crippen molar-refractivity contribution in [3.63, 3.8) is 0 Å². The molecule has 2 fully saturated rings. The molecule has 0 aromatic heterocycles. The zero-order valence-corrected chi connectivity index (χ0v) is 11.8. The van der Waals surface area contributed by atoms with Crippen LogP contribution in [0, 0.1) is 0 Å². The van der Waals surface area contributed by atoms with Crippen LogP contribution in [-0.4, -0.2) is 14.7 Å². The lowest BCUT2D eigenvalue weighted by Gasteiger charge is -2.20. The Morgan fingerprint density at radius 2 is 2.18 bits per heavy atom. The molecule has 1 aliphatic carbocycles. The number of nitrogen functional groups attached to an aromatic ring is 1. The predicted molar refractivity (Wildman–Crippen MR) is 78.0 cm³/mol. The third-order valence-corrected chi connectivity index (χ3v) is 8.23. The molecule has 0 amide bonds. The van der Waals surface area contributed by atoms with E-state index in [1.165, 1.54) is 0 Å². The summed E-state index contributed by atoms with van der Waals surface area (Å²) in [4.78, 5) is 0. The first-order chi connectivity index (χ1) is 8.08. The van der Waals surface area contributed by atoms with Crippen LogP contribution in [0.5, 0.6) is 0 Å². The summed E-state index contributed by atoms with van der Waals surface area (Å²) in [5.41, 5.74) is 7.56. The molecule has 2 aliphatic heterocycles. The van der Waals surface area contributed by atoms with Crippen molar-refractivity contribution in [2.24, 2.45) is 0 Å². The van der Waals surface area contributed by atoms with Gasteiger partial charge in [0.1, 0.15) is 4.21 Å². The number of anilines is 1. The molecular formula is C12H9Cl2NS2. The van der Waals surface area contributed by atoms with Crippen LogP contribution in [0.4, 0.5) is 5.69 Å². The van der Waals surface area contributed by atoms with Gasteiger partial charge in [-0.2, -0.15) is 0 Å². The fourth-order valence-corrected chi connectivity index (χ4v) is 6.77. The van der Waals surface area contributed by atoms with Crippen LogP contribution in [0.2, 0.25) is 5.02 Å². The standard InChI is InChI=1S/C12H9Cl2NS2/c13-9-6(2-1-3-7(9)15)11-5-4-8-10(16-8)12(11,14)17-11/h1-5,8,10H,15H2. The first kappa shape index (κ1) is 10.9. The van der Waals surface area contributed by atoms with Crippen molar-refractivity contribution >= 4 is 52.4 Å². The van der Waals surface area contributed by atoms with E-state index in [1.54, 1.807) is 11.8 Å². The minimum Gasteiger partial charge on any atom is -0.398 e. The number of halogens is 2. The van der Waals surface area contributed by atoms with Crippen LogP contribution in [0.1, 0.15) is 5.56 Å². The number of fused-ring (bicyclic) bond motifs is 3. The van der Waals surface area contributed by atoms with Gasteiger partial charge in [0.05, 0.1) is 20.7 Å². The van der Waals surface area contributed by atoms with E-state index in [4.69, 9.17) is 28.9 Å². The molecule has 2 saturated heterocycles. The van der Waals surface area contributed by atoms with E-state index in [9.17, 15) is 0 Å². The highest BCUT2D eigenvalue weighted by molar-refractivity contribution is 8.15. The van der Waals surface area contributed by atoms with Gasteiger partial charge in [-0.25, -0.2) is 0 Å². The van der Waals surface area contributed by atoms with Crippen LogP contribution in [0.15, 0.2) is 30.4 Å². The SMILES string of the molecule is Nc1cccc(C23C=CC4SC4C2(Cl)S3)c1Cl. The maximum absolute atomic E-state index is 6.75. The van der Waals surface area contributed by atoms with E-state index in [2.05, 4.69) is 12.2 Å². The van der Waals surface area contributed by atoms with Crippen LogP contribution in [0.25, 0.3) is 0 Å². The third kappa shape index (κ3) is 1.21. The molecule has 1 aromatic carbocycles. The highest BCUT2D eigenvalue weighted by Gasteiger charge is 2.78. The molecule has 2 heterocycles. The molecule has 1 nitrogen and oxygen atoms in total. The molecule has 0 radical (unpaired) electrons. The zero-order chi connectivity index (χ0) is 11.8. The second-order valence-corrected chi connectivity index (χ2v) is 8.59. The van der Waals surface area contributed by atoms with Gasteiger partial charge in [-0.05, 0) is 11.6 Å². The molecule has 4 rings (SSSR count). The van der Waals surface area contributed by atoms with Crippen molar-refractivity contribution in [2.45, 2.75) is 19.5 Å². The summed E-state index contributed by atoms with van der Waals surface area (Å²) in [6.07, 6.45) is 4.47. The van der Waals surface area contributed by atoms with Gasteiger partial charge in [-0.3, -0.25) is 0 Å². The Morgan fingerprint density at radius 1 is 1.35 bits per heavy atom. The molecule has 2 N–H and O–H groups in total. The van der Waals surface area contributed by atoms with Crippen molar-refractivity contribution in [1.82, 2.24) is 0 Å². The van der Waals surface area contributed by atoms with Crippen LogP contribution >= 0.6 is 46.7 Å². The fraction of sp³-hybridized carbons (Fsp3) is 0.333. The van der Waals surface area contributed by atoms with Gasteiger partial charge in [0.25, 0.3) is 0 Å². The van der Waals surface area contributed by atoms with Crippen molar-refractivity contribution in [3.8, 4) is 0 Å². The number of rotatable bonds is 1. The Hall–Kier alpha value is 0.0400. The van der Waals surface area contributed by atoms with Crippen molar-refractivity contribution in [1.29, 1.82) is 0 Å². The van der Waals surface area contributed by atoms with Crippen molar-refractivity contribution in [3.05, 3.63) is 40.9 Å². The van der Waals surface area contributed by atoms with E-state index in [-0.39, 0.29) is 8.95 Å². The lowest BCUT2D eigenvalue weighted by atomic mass is 9.88. The van der Waals surface area contributed by atoms with Crippen LogP contribution in [0.3, 0.4) is 0 Å². The Morgan fingerprint density at radius 3 is 3.00 bits per heavy atom. The molecule has 3 aliphatic rings. The maximum Gasteiger partial charge on any atom is 0.126 e. The molecule has 88 valence electrons. The minimum atomic E-state index is -0.214. The summed E-state index contributed by atoms with van der Waals surface area (Å²) in [5.74, 6) is 0. The number of nitrogens with two attached hydrogens (primary N) is 1. The molecule has 17 heavy (non-hydrogen) atoms. The average molecular weight is 302 g/mol. The van der Waals surface area contributed by atoms with E-state index in [0.29, 0.717) is 21.2 Å². The number of benzene rings is 1. The highest BCUT2D eigenvalue weighted by Crippen LogP contribution is 2.83. The Labute approximate surface area is 118 Å². The minimum absolute atomic E-state index is 0.161. The van der Waals surface area contributed by atoms with E-state index < -0.39 is 0 Å². The summed E-state index contributed by atoms with van der Waals surface area (Å²) in [7, 11) is 0. The van der Waals surface area contributed by atoms with E-state index >= 15 is 0 Å². The van der Waals surface area contributed by atoms with Crippen molar-refractivity contribution in [2.75, 3.05) is 5.73 Å². The highest BCUT2D eigenvalue weighted by atomic mass is 35.5. The van der Waals surface area contributed by atoms with Crippen molar-refractivity contribution < 1.29 is 0 Å². The second-order valence-electron chi connectivity index (χ2n) is 4.57. The topological polar surface area (TPSA) is 26.0 Å². The van der Waals surface area contributed by atoms with Gasteiger partial charge in [0, 0.05) is 5.25 Å². The molecule has 0 bridgehead atoms. The van der Waals surface area contributed by atoms with Gasteiger partial charge < -0.3 is 5.73 Å². The first-order valence-corrected chi connectivity index (χ1v) is 7.88. The summed E-state index contributed by atoms with van der Waals surface area (Å²) >= 11 is 16.8. The molecular weight excluding hydrogens is 293 g/mol. The average Bonchev–Trinajstić information content (AvgIpc) is 3.14. The fourth-order valence-electron chi connectivity index (χ4n) is 2.59. The van der Waals surface area contributed by atoms with E-state index in [0.717, 1.165) is 5.56 Å². The molecule has 4 atom stereocenters. The second kappa shape index (κ2) is 3.13. The van der Waals surface area contributed by atoms with Gasteiger partial charge in [0.15, 0.2) is 0 Å². The predicted octanol–water partition coefficient (Wildman–Crippen LogP) is 3.85. The Balaban J connectivity index is 1.89. The molecule has 4 unspecified atom stereocenters. The molecule has 1 aromatic rings. The lowest BCUT2D eigenvalue weighted by molar-refractivity contribution is 0.727. The summed E-state index contributed by atoms with van der Waals surface area (Å²) in [5, 5.41) is 1.78. The van der Waals surface area contributed by atoms with Gasteiger partial charge >= 0.3 is 0 Å². The third-order valence-electron chi connectivity index (χ3n) is 3.62. The zero-order valence-electron chi connectivity index (χ0n) is 8.69. The number of thioether (sulfide) groups is 2. The smallest absolute Gasteiger partial charge is 0.126 e. The Bertz CT molecular complexity index is 561.